The van der Waals surface area contributed by atoms with Gasteiger partial charge in [-0.05, 0) is 12.0 Å². The fourth-order valence-corrected chi connectivity index (χ4v) is 2.90. The van der Waals surface area contributed by atoms with Gasteiger partial charge in [0.2, 0.25) is 11.8 Å². The number of nitrogens with zero attached hydrogens (tertiary/aromatic N) is 1. The van der Waals surface area contributed by atoms with Crippen molar-refractivity contribution in [2.75, 3.05) is 0 Å². The molecule has 1 unspecified atom stereocenters. The standard InChI is InChI=1S/C13H12N2O2S/c16-11-6-5-10(12(17)14-11)15-7-8-3-1-2-4-9(8)13(15)18/h1-4,10H,5-7H2,(H,14,16,17). The zero-order valence-corrected chi connectivity index (χ0v) is 10.5. The van der Waals surface area contributed by atoms with Crippen molar-refractivity contribution >= 4 is 29.0 Å². The molecule has 4 nitrogen and oxygen atoms in total. The molecule has 2 aliphatic rings. The number of nitrogens with one attached hydrogen (secondary N) is 1. The van der Waals surface area contributed by atoms with E-state index in [-0.39, 0.29) is 17.9 Å². The summed E-state index contributed by atoms with van der Waals surface area (Å²) in [4.78, 5) is 25.6. The highest BCUT2D eigenvalue weighted by Gasteiger charge is 2.36. The predicted molar refractivity (Wildman–Crippen MR) is 69.9 cm³/mol. The molecule has 0 radical (unpaired) electrons. The van der Waals surface area contributed by atoms with Crippen molar-refractivity contribution in [3.8, 4) is 0 Å². The molecule has 2 aliphatic heterocycles. The van der Waals surface area contributed by atoms with Crippen molar-refractivity contribution in [2.45, 2.75) is 25.4 Å². The third-order valence-electron chi connectivity index (χ3n) is 3.44. The highest BCUT2D eigenvalue weighted by atomic mass is 32.1. The lowest BCUT2D eigenvalue weighted by Gasteiger charge is -2.30. The van der Waals surface area contributed by atoms with Gasteiger partial charge in [-0.2, -0.15) is 0 Å². The van der Waals surface area contributed by atoms with Crippen molar-refractivity contribution < 1.29 is 9.59 Å². The molecule has 0 saturated carbocycles. The Hall–Kier alpha value is -1.75. The molecule has 1 aromatic rings. The average Bonchev–Trinajstić information content (AvgIpc) is 2.68. The second-order valence-electron chi connectivity index (χ2n) is 4.56. The molecular weight excluding hydrogens is 248 g/mol. The van der Waals surface area contributed by atoms with E-state index in [4.69, 9.17) is 12.2 Å². The maximum atomic E-state index is 11.9. The second kappa shape index (κ2) is 4.17. The summed E-state index contributed by atoms with van der Waals surface area (Å²) in [7, 11) is 0. The normalized spacial score (nSPS) is 23.0. The summed E-state index contributed by atoms with van der Waals surface area (Å²) in [5.74, 6) is -0.430. The summed E-state index contributed by atoms with van der Waals surface area (Å²) in [6.07, 6.45) is 0.921. The quantitative estimate of drug-likeness (QED) is 0.604. The number of rotatable bonds is 1. The van der Waals surface area contributed by atoms with Crippen LogP contribution in [0.3, 0.4) is 0 Å². The number of imide groups is 1. The molecule has 1 atom stereocenters. The Morgan fingerprint density at radius 1 is 1.28 bits per heavy atom. The van der Waals surface area contributed by atoms with Crippen LogP contribution in [-0.2, 0) is 16.1 Å². The Morgan fingerprint density at radius 3 is 2.78 bits per heavy atom. The molecule has 1 aromatic carbocycles. The third kappa shape index (κ3) is 1.71. The predicted octanol–water partition coefficient (Wildman–Crippen LogP) is 0.983. The Morgan fingerprint density at radius 2 is 2.06 bits per heavy atom. The SMILES string of the molecule is O=C1CCC(N2Cc3ccccc3C2=S)C(=O)N1. The number of hydrogen-bond donors (Lipinski definition) is 1. The van der Waals surface area contributed by atoms with E-state index in [1.54, 1.807) is 0 Å². The number of carbonyl (C=O) groups excluding carboxylic acids is 2. The van der Waals surface area contributed by atoms with Crippen LogP contribution < -0.4 is 5.32 Å². The minimum absolute atomic E-state index is 0.195. The number of piperidine rings is 1. The van der Waals surface area contributed by atoms with E-state index < -0.39 is 0 Å². The Bertz CT molecular complexity index is 556. The van der Waals surface area contributed by atoms with Gasteiger partial charge in [0.05, 0.1) is 0 Å². The van der Waals surface area contributed by atoms with E-state index >= 15 is 0 Å². The zero-order chi connectivity index (χ0) is 12.7. The van der Waals surface area contributed by atoms with Crippen LogP contribution in [0.15, 0.2) is 24.3 Å². The van der Waals surface area contributed by atoms with Gasteiger partial charge < -0.3 is 4.90 Å². The highest BCUT2D eigenvalue weighted by Crippen LogP contribution is 2.27. The summed E-state index contributed by atoms with van der Waals surface area (Å²) in [5.41, 5.74) is 2.17. The van der Waals surface area contributed by atoms with Gasteiger partial charge in [0, 0.05) is 18.5 Å². The molecule has 1 N–H and O–H groups in total. The van der Waals surface area contributed by atoms with Crippen molar-refractivity contribution in [1.82, 2.24) is 10.2 Å². The van der Waals surface area contributed by atoms with Crippen LogP contribution in [0.1, 0.15) is 24.0 Å². The van der Waals surface area contributed by atoms with Gasteiger partial charge >= 0.3 is 0 Å². The molecule has 3 rings (SSSR count). The summed E-state index contributed by atoms with van der Waals surface area (Å²) < 4.78 is 0. The second-order valence-corrected chi connectivity index (χ2v) is 4.94. The van der Waals surface area contributed by atoms with Gasteiger partial charge in [-0.1, -0.05) is 36.5 Å². The van der Waals surface area contributed by atoms with Crippen LogP contribution in [0.25, 0.3) is 0 Å². The first-order valence-corrected chi connectivity index (χ1v) is 6.30. The van der Waals surface area contributed by atoms with Crippen LogP contribution in [0.4, 0.5) is 0 Å². The molecule has 1 saturated heterocycles. The number of benzene rings is 1. The number of fused-ring (bicyclic) bond motifs is 1. The zero-order valence-electron chi connectivity index (χ0n) is 9.68. The van der Waals surface area contributed by atoms with Gasteiger partial charge in [-0.3, -0.25) is 14.9 Å². The van der Waals surface area contributed by atoms with Crippen LogP contribution in [0.5, 0.6) is 0 Å². The van der Waals surface area contributed by atoms with Gasteiger partial charge in [0.1, 0.15) is 11.0 Å². The van der Waals surface area contributed by atoms with Crippen molar-refractivity contribution in [2.24, 2.45) is 0 Å². The first kappa shape index (κ1) is 11.3. The minimum Gasteiger partial charge on any atom is -0.346 e. The molecule has 0 aromatic heterocycles. The lowest BCUT2D eigenvalue weighted by Crippen LogP contribution is -2.52. The molecule has 92 valence electrons. The molecule has 1 fully saturated rings. The molecule has 0 aliphatic carbocycles. The van der Waals surface area contributed by atoms with Crippen LogP contribution >= 0.6 is 12.2 Å². The fraction of sp³-hybridized carbons (Fsp3) is 0.308. The number of thiocarbonyl (C=S) groups is 1. The maximum absolute atomic E-state index is 11.9. The van der Waals surface area contributed by atoms with E-state index in [1.807, 2.05) is 29.2 Å². The maximum Gasteiger partial charge on any atom is 0.249 e. The Balaban J connectivity index is 1.86. The lowest BCUT2D eigenvalue weighted by molar-refractivity contribution is -0.136. The Kier molecular flexibility index (Phi) is 2.63. The number of amides is 2. The largest absolute Gasteiger partial charge is 0.346 e. The van der Waals surface area contributed by atoms with E-state index in [0.29, 0.717) is 24.4 Å². The van der Waals surface area contributed by atoms with Gasteiger partial charge in [0.15, 0.2) is 0 Å². The van der Waals surface area contributed by atoms with E-state index in [1.165, 1.54) is 0 Å². The summed E-state index contributed by atoms with van der Waals surface area (Å²) in [5, 5.41) is 2.37. The number of carbonyl (C=O) groups is 2. The van der Waals surface area contributed by atoms with Crippen LogP contribution in [0.2, 0.25) is 0 Å². The number of hydrogen-bond acceptors (Lipinski definition) is 3. The van der Waals surface area contributed by atoms with Crippen molar-refractivity contribution in [3.63, 3.8) is 0 Å². The van der Waals surface area contributed by atoms with Crippen molar-refractivity contribution in [3.05, 3.63) is 35.4 Å². The summed E-state index contributed by atoms with van der Waals surface area (Å²) in [6, 6.07) is 7.59. The molecule has 2 heterocycles. The molecule has 18 heavy (non-hydrogen) atoms. The lowest BCUT2D eigenvalue weighted by atomic mass is 10.0. The van der Waals surface area contributed by atoms with Crippen molar-refractivity contribution in [1.29, 1.82) is 0 Å². The molecule has 2 amide bonds. The monoisotopic (exact) mass is 260 g/mol. The Labute approximate surface area is 110 Å². The highest BCUT2D eigenvalue weighted by molar-refractivity contribution is 7.80. The topological polar surface area (TPSA) is 49.4 Å². The summed E-state index contributed by atoms with van der Waals surface area (Å²) >= 11 is 5.42. The van der Waals surface area contributed by atoms with E-state index in [0.717, 1.165) is 11.1 Å². The van der Waals surface area contributed by atoms with Gasteiger partial charge in [-0.15, -0.1) is 0 Å². The molecule has 0 spiro atoms. The van der Waals surface area contributed by atoms with E-state index in [9.17, 15) is 9.59 Å². The minimum atomic E-state index is -0.317. The first-order valence-electron chi connectivity index (χ1n) is 5.89. The molecular formula is C13H12N2O2S. The van der Waals surface area contributed by atoms with E-state index in [2.05, 4.69) is 5.32 Å². The third-order valence-corrected chi connectivity index (χ3v) is 3.89. The smallest absolute Gasteiger partial charge is 0.249 e. The van der Waals surface area contributed by atoms with Gasteiger partial charge in [-0.25, -0.2) is 0 Å². The fourth-order valence-electron chi connectivity index (χ4n) is 2.51. The average molecular weight is 260 g/mol. The van der Waals surface area contributed by atoms with Gasteiger partial charge in [0.25, 0.3) is 0 Å². The van der Waals surface area contributed by atoms with Crippen LogP contribution in [-0.4, -0.2) is 27.7 Å². The first-order chi connectivity index (χ1) is 8.66. The van der Waals surface area contributed by atoms with Crippen LogP contribution in [0, 0.1) is 0 Å². The molecule has 5 heteroatoms. The summed E-state index contributed by atoms with van der Waals surface area (Å²) in [6.45, 7) is 0.654. The molecule has 0 bridgehead atoms.